The van der Waals surface area contributed by atoms with E-state index in [2.05, 4.69) is 33.0 Å². The molecule has 0 saturated carbocycles. The zero-order valence-electron chi connectivity index (χ0n) is 17.4. The van der Waals surface area contributed by atoms with E-state index in [-0.39, 0.29) is 18.5 Å². The van der Waals surface area contributed by atoms with Crippen molar-refractivity contribution < 1.29 is 9.32 Å². The molecule has 0 radical (unpaired) electrons. The molecule has 4 heterocycles. The number of hydrogen-bond acceptors (Lipinski definition) is 6. The Morgan fingerprint density at radius 3 is 2.84 bits per heavy atom. The maximum Gasteiger partial charge on any atom is 0.244 e. The van der Waals surface area contributed by atoms with Crippen LogP contribution in [0.3, 0.4) is 0 Å². The van der Waals surface area contributed by atoms with Crippen LogP contribution in [0.5, 0.6) is 0 Å². The van der Waals surface area contributed by atoms with Gasteiger partial charge in [0, 0.05) is 41.1 Å². The molecule has 5 rings (SSSR count). The molecular weight excluding hydrogens is 392 g/mol. The van der Waals surface area contributed by atoms with Crippen molar-refractivity contribution in [3.8, 4) is 11.4 Å². The van der Waals surface area contributed by atoms with Crippen molar-refractivity contribution >= 4 is 16.8 Å². The highest BCUT2D eigenvalue weighted by molar-refractivity contribution is 5.87. The maximum absolute atomic E-state index is 11.6. The van der Waals surface area contributed by atoms with Gasteiger partial charge >= 0.3 is 0 Å². The fraction of sp³-hybridized carbons (Fsp3) is 0.304. The van der Waals surface area contributed by atoms with E-state index in [0.717, 1.165) is 48.1 Å². The normalized spacial score (nSPS) is 16.9. The number of likely N-dealkylation sites (tertiary alicyclic amines) is 1. The van der Waals surface area contributed by atoms with Crippen LogP contribution >= 0.6 is 0 Å². The Morgan fingerprint density at radius 2 is 2.03 bits per heavy atom. The van der Waals surface area contributed by atoms with Crippen LogP contribution in [-0.4, -0.2) is 37.0 Å². The molecule has 4 aromatic rings. The van der Waals surface area contributed by atoms with Crippen molar-refractivity contribution in [1.82, 2.24) is 24.6 Å². The quantitative estimate of drug-likeness (QED) is 0.518. The fourth-order valence-electron chi connectivity index (χ4n) is 4.55. The number of aromatic nitrogens is 4. The summed E-state index contributed by atoms with van der Waals surface area (Å²) in [5, 5.41) is 5.33. The van der Waals surface area contributed by atoms with E-state index in [1.807, 2.05) is 34.9 Å². The largest absolute Gasteiger partial charge is 0.368 e. The molecule has 3 aromatic heterocycles. The van der Waals surface area contributed by atoms with Gasteiger partial charge in [0.05, 0.1) is 6.04 Å². The maximum atomic E-state index is 11.6. The Hall–Kier alpha value is -3.52. The van der Waals surface area contributed by atoms with Crippen molar-refractivity contribution in [2.45, 2.75) is 38.9 Å². The number of para-hydroxylation sites is 1. The standard InChI is InChI=1S/C23H24N6O2/c1-15-18(17-5-2-3-6-19(17)29(15)14-21(24)30)13-28-12-4-7-20(28)23-26-22(27-31-23)16-8-10-25-11-9-16/h2-3,5-6,8-11,20H,4,7,12-14H2,1H3,(H2,24,30)/t20-/m0/s1. The van der Waals surface area contributed by atoms with Gasteiger partial charge in [-0.1, -0.05) is 23.4 Å². The number of hydrogen-bond donors (Lipinski definition) is 1. The average Bonchev–Trinajstić information content (AvgIpc) is 3.50. The van der Waals surface area contributed by atoms with Gasteiger partial charge in [0.15, 0.2) is 0 Å². The lowest BCUT2D eigenvalue weighted by molar-refractivity contribution is -0.118. The molecule has 158 valence electrons. The lowest BCUT2D eigenvalue weighted by Crippen LogP contribution is -2.24. The van der Waals surface area contributed by atoms with Crippen LogP contribution < -0.4 is 5.73 Å². The summed E-state index contributed by atoms with van der Waals surface area (Å²) in [5.74, 6) is 0.880. The number of pyridine rings is 1. The van der Waals surface area contributed by atoms with Gasteiger partial charge in [-0.05, 0) is 50.1 Å². The first-order chi connectivity index (χ1) is 15.1. The van der Waals surface area contributed by atoms with Gasteiger partial charge in [0.2, 0.25) is 17.6 Å². The first-order valence-electron chi connectivity index (χ1n) is 10.4. The van der Waals surface area contributed by atoms with Crippen molar-refractivity contribution in [3.05, 3.63) is 65.9 Å². The Bertz CT molecular complexity index is 1230. The summed E-state index contributed by atoms with van der Waals surface area (Å²) in [7, 11) is 0. The summed E-state index contributed by atoms with van der Waals surface area (Å²) in [6, 6.07) is 12.0. The predicted molar refractivity (Wildman–Crippen MR) is 116 cm³/mol. The van der Waals surface area contributed by atoms with Crippen molar-refractivity contribution in [3.63, 3.8) is 0 Å². The first-order valence-corrected chi connectivity index (χ1v) is 10.4. The molecule has 8 heteroatoms. The molecule has 1 aromatic carbocycles. The third-order valence-corrected chi connectivity index (χ3v) is 6.07. The highest BCUT2D eigenvalue weighted by atomic mass is 16.5. The highest BCUT2D eigenvalue weighted by Crippen LogP contribution is 2.36. The van der Waals surface area contributed by atoms with Gasteiger partial charge in [0.25, 0.3) is 0 Å². The second kappa shape index (κ2) is 7.96. The van der Waals surface area contributed by atoms with Crippen LogP contribution in [0.1, 0.15) is 36.0 Å². The third-order valence-electron chi connectivity index (χ3n) is 6.07. The Balaban J connectivity index is 1.45. The van der Waals surface area contributed by atoms with E-state index < -0.39 is 0 Å². The summed E-state index contributed by atoms with van der Waals surface area (Å²) in [6.07, 6.45) is 5.48. The molecule has 1 aliphatic heterocycles. The number of carbonyl (C=O) groups is 1. The van der Waals surface area contributed by atoms with Crippen molar-refractivity contribution in [2.75, 3.05) is 6.54 Å². The number of benzene rings is 1. The minimum Gasteiger partial charge on any atom is -0.368 e. The van der Waals surface area contributed by atoms with Crippen LogP contribution in [-0.2, 0) is 17.9 Å². The molecular formula is C23H24N6O2. The van der Waals surface area contributed by atoms with Gasteiger partial charge in [0.1, 0.15) is 6.54 Å². The molecule has 0 spiro atoms. The number of primary amides is 1. The smallest absolute Gasteiger partial charge is 0.244 e. The molecule has 1 fully saturated rings. The number of carbonyl (C=O) groups excluding carboxylic acids is 1. The van der Waals surface area contributed by atoms with Gasteiger partial charge in [-0.3, -0.25) is 14.7 Å². The number of fused-ring (bicyclic) bond motifs is 1. The summed E-state index contributed by atoms with van der Waals surface area (Å²) in [5.41, 5.74) is 9.69. The lowest BCUT2D eigenvalue weighted by Gasteiger charge is -2.21. The van der Waals surface area contributed by atoms with Crippen molar-refractivity contribution in [2.24, 2.45) is 5.73 Å². The average molecular weight is 416 g/mol. The van der Waals surface area contributed by atoms with E-state index in [0.29, 0.717) is 11.7 Å². The molecule has 0 bridgehead atoms. The van der Waals surface area contributed by atoms with Crippen LogP contribution in [0.15, 0.2) is 53.3 Å². The molecule has 1 amide bonds. The second-order valence-electron chi connectivity index (χ2n) is 7.95. The van der Waals surface area contributed by atoms with E-state index in [1.54, 1.807) is 12.4 Å². The van der Waals surface area contributed by atoms with Crippen LogP contribution in [0, 0.1) is 6.92 Å². The van der Waals surface area contributed by atoms with Crippen molar-refractivity contribution in [1.29, 1.82) is 0 Å². The zero-order chi connectivity index (χ0) is 21.4. The van der Waals surface area contributed by atoms with E-state index >= 15 is 0 Å². The summed E-state index contributed by atoms with van der Waals surface area (Å²) in [6.45, 7) is 3.93. The summed E-state index contributed by atoms with van der Waals surface area (Å²) < 4.78 is 7.66. The molecule has 1 saturated heterocycles. The minimum absolute atomic E-state index is 0.0701. The van der Waals surface area contributed by atoms with Gasteiger partial charge in [-0.25, -0.2) is 0 Å². The van der Waals surface area contributed by atoms with E-state index in [1.165, 1.54) is 5.56 Å². The van der Waals surface area contributed by atoms with Gasteiger partial charge in [-0.2, -0.15) is 4.98 Å². The fourth-order valence-corrected chi connectivity index (χ4v) is 4.55. The van der Waals surface area contributed by atoms with Crippen LogP contribution in [0.2, 0.25) is 0 Å². The molecule has 0 aliphatic carbocycles. The highest BCUT2D eigenvalue weighted by Gasteiger charge is 2.32. The number of nitrogens with zero attached hydrogens (tertiary/aromatic N) is 5. The predicted octanol–water partition coefficient (Wildman–Crippen LogP) is 3.22. The van der Waals surface area contributed by atoms with E-state index in [4.69, 9.17) is 10.3 Å². The SMILES string of the molecule is Cc1c(CN2CCC[C@H]2c2nc(-c3ccncc3)no2)c2ccccc2n1CC(N)=O. The van der Waals surface area contributed by atoms with Crippen LogP contribution in [0.4, 0.5) is 0 Å². The Labute approximate surface area is 179 Å². The minimum atomic E-state index is -0.344. The topological polar surface area (TPSA) is 103 Å². The molecule has 2 N–H and O–H groups in total. The molecule has 31 heavy (non-hydrogen) atoms. The summed E-state index contributed by atoms with van der Waals surface area (Å²) in [4.78, 5) is 22.7. The van der Waals surface area contributed by atoms with Crippen LogP contribution in [0.25, 0.3) is 22.3 Å². The monoisotopic (exact) mass is 416 g/mol. The zero-order valence-corrected chi connectivity index (χ0v) is 17.4. The van der Waals surface area contributed by atoms with Gasteiger partial charge < -0.3 is 14.8 Å². The number of rotatable bonds is 6. The Morgan fingerprint density at radius 1 is 1.23 bits per heavy atom. The molecule has 0 unspecified atom stereocenters. The van der Waals surface area contributed by atoms with Gasteiger partial charge in [-0.15, -0.1) is 0 Å². The Kier molecular flexibility index (Phi) is 4.99. The molecule has 1 aliphatic rings. The first kappa shape index (κ1) is 19.4. The molecule has 1 atom stereocenters. The number of amides is 1. The number of nitrogens with two attached hydrogens (primary N) is 1. The summed E-state index contributed by atoms with van der Waals surface area (Å²) >= 11 is 0. The third kappa shape index (κ3) is 3.59. The molecule has 8 nitrogen and oxygen atoms in total. The lowest BCUT2D eigenvalue weighted by atomic mass is 10.1. The van der Waals surface area contributed by atoms with E-state index in [9.17, 15) is 4.79 Å². The second-order valence-corrected chi connectivity index (χ2v) is 7.95.